The zero-order valence-corrected chi connectivity index (χ0v) is 15.0. The third-order valence-corrected chi connectivity index (χ3v) is 5.80. The van der Waals surface area contributed by atoms with Crippen LogP contribution in [0.5, 0.6) is 0 Å². The summed E-state index contributed by atoms with van der Waals surface area (Å²) < 4.78 is 0. The highest BCUT2D eigenvalue weighted by atomic mass is 16.2. The van der Waals surface area contributed by atoms with E-state index in [0.717, 1.165) is 28.7 Å². The van der Waals surface area contributed by atoms with Crippen LogP contribution >= 0.6 is 0 Å². The normalized spacial score (nSPS) is 24.9. The molecule has 2 fully saturated rings. The molecule has 2 saturated carbocycles. The summed E-state index contributed by atoms with van der Waals surface area (Å²) in [6.07, 6.45) is 5.77. The molecule has 3 atom stereocenters. The third-order valence-electron chi connectivity index (χ3n) is 5.80. The monoisotopic (exact) mass is 328 g/mol. The Morgan fingerprint density at radius 3 is 2.67 bits per heavy atom. The van der Waals surface area contributed by atoms with Crippen molar-refractivity contribution in [3.8, 4) is 0 Å². The molecule has 2 aliphatic rings. The summed E-state index contributed by atoms with van der Waals surface area (Å²) in [5.74, 6) is 2.11. The number of aryl methyl sites for hydroxylation is 2. The van der Waals surface area contributed by atoms with Crippen molar-refractivity contribution >= 4 is 17.5 Å². The summed E-state index contributed by atoms with van der Waals surface area (Å²) in [5.41, 5.74) is 2.97. The quantitative estimate of drug-likeness (QED) is 0.899. The molecule has 0 unspecified atom stereocenters. The Hall–Kier alpha value is -1.84. The van der Waals surface area contributed by atoms with Crippen LogP contribution in [0.25, 0.3) is 0 Å². The molecule has 4 nitrogen and oxygen atoms in total. The average Bonchev–Trinajstić information content (AvgIpc) is 3.13. The summed E-state index contributed by atoms with van der Waals surface area (Å²) >= 11 is 0. The number of fused-ring (bicyclic) bond motifs is 2. The number of anilines is 1. The van der Waals surface area contributed by atoms with Crippen LogP contribution in [0.2, 0.25) is 0 Å². The van der Waals surface area contributed by atoms with E-state index in [4.69, 9.17) is 0 Å². The van der Waals surface area contributed by atoms with Crippen LogP contribution in [-0.4, -0.2) is 30.3 Å². The smallest absolute Gasteiger partial charge is 0.243 e. The van der Waals surface area contributed by atoms with E-state index >= 15 is 0 Å². The van der Waals surface area contributed by atoms with E-state index in [1.54, 1.807) is 11.9 Å². The molecule has 2 amide bonds. The molecule has 2 aliphatic carbocycles. The summed E-state index contributed by atoms with van der Waals surface area (Å²) in [6.45, 7) is 4.09. The zero-order valence-electron chi connectivity index (χ0n) is 15.0. The average molecular weight is 328 g/mol. The molecule has 1 aromatic rings. The summed E-state index contributed by atoms with van der Waals surface area (Å²) in [5, 5.41) is 2.92. The number of likely N-dealkylation sites (N-methyl/N-ethyl adjacent to an activating group) is 1. The summed E-state index contributed by atoms with van der Waals surface area (Å²) in [6, 6.07) is 5.98. The molecule has 1 N–H and O–H groups in total. The Kier molecular flexibility index (Phi) is 4.93. The van der Waals surface area contributed by atoms with Crippen molar-refractivity contribution < 1.29 is 9.59 Å². The molecule has 24 heavy (non-hydrogen) atoms. The van der Waals surface area contributed by atoms with E-state index in [-0.39, 0.29) is 18.4 Å². The Labute approximate surface area is 144 Å². The number of carbonyl (C=O) groups excluding carboxylic acids is 2. The lowest BCUT2D eigenvalue weighted by atomic mass is 9.86. The first-order valence-electron chi connectivity index (χ1n) is 9.03. The van der Waals surface area contributed by atoms with Gasteiger partial charge in [0.2, 0.25) is 11.8 Å². The second-order valence-electron chi connectivity index (χ2n) is 7.76. The summed E-state index contributed by atoms with van der Waals surface area (Å²) in [7, 11) is 1.73. The van der Waals surface area contributed by atoms with Crippen molar-refractivity contribution in [3.05, 3.63) is 29.3 Å². The minimum Gasteiger partial charge on any atom is -0.336 e. The second-order valence-corrected chi connectivity index (χ2v) is 7.76. The topological polar surface area (TPSA) is 49.4 Å². The van der Waals surface area contributed by atoms with Gasteiger partial charge in [0.25, 0.3) is 0 Å². The van der Waals surface area contributed by atoms with E-state index in [1.165, 1.54) is 25.7 Å². The molecule has 0 aromatic heterocycles. The van der Waals surface area contributed by atoms with Crippen LogP contribution < -0.4 is 5.32 Å². The van der Waals surface area contributed by atoms with Gasteiger partial charge in [-0.3, -0.25) is 9.59 Å². The number of carbonyl (C=O) groups is 2. The lowest BCUT2D eigenvalue weighted by Gasteiger charge is -2.24. The van der Waals surface area contributed by atoms with Gasteiger partial charge < -0.3 is 10.2 Å². The Morgan fingerprint density at radius 2 is 2.00 bits per heavy atom. The zero-order chi connectivity index (χ0) is 17.3. The van der Waals surface area contributed by atoms with E-state index < -0.39 is 0 Å². The van der Waals surface area contributed by atoms with Crippen LogP contribution in [0.3, 0.4) is 0 Å². The molecule has 0 aliphatic heterocycles. The van der Waals surface area contributed by atoms with Gasteiger partial charge in [-0.05, 0) is 68.1 Å². The molecule has 3 rings (SSSR count). The highest BCUT2D eigenvalue weighted by Gasteiger charge is 2.40. The fraction of sp³-hybridized carbons (Fsp3) is 0.600. The summed E-state index contributed by atoms with van der Waals surface area (Å²) in [4.78, 5) is 26.3. The molecular weight excluding hydrogens is 300 g/mol. The highest BCUT2D eigenvalue weighted by molar-refractivity contribution is 5.95. The third kappa shape index (κ3) is 3.80. The van der Waals surface area contributed by atoms with Crippen molar-refractivity contribution in [2.75, 3.05) is 18.9 Å². The van der Waals surface area contributed by atoms with Gasteiger partial charge in [-0.25, -0.2) is 0 Å². The largest absolute Gasteiger partial charge is 0.336 e. The van der Waals surface area contributed by atoms with Crippen molar-refractivity contribution in [2.24, 2.45) is 17.8 Å². The lowest BCUT2D eigenvalue weighted by Crippen LogP contribution is -2.36. The molecule has 1 aromatic carbocycles. The van der Waals surface area contributed by atoms with E-state index in [0.29, 0.717) is 12.3 Å². The second kappa shape index (κ2) is 6.96. The molecule has 130 valence electrons. The van der Waals surface area contributed by atoms with E-state index in [2.05, 4.69) is 5.32 Å². The molecular formula is C20H28N2O2. The highest BCUT2D eigenvalue weighted by Crippen LogP contribution is 2.49. The minimum atomic E-state index is -0.132. The number of nitrogens with one attached hydrogen (secondary N) is 1. The first-order chi connectivity index (χ1) is 11.4. The van der Waals surface area contributed by atoms with E-state index in [1.807, 2.05) is 32.0 Å². The van der Waals surface area contributed by atoms with Crippen LogP contribution in [0.15, 0.2) is 18.2 Å². The Morgan fingerprint density at radius 1 is 1.21 bits per heavy atom. The number of nitrogens with zero attached hydrogens (tertiary/aromatic N) is 1. The number of rotatable bonds is 5. The Balaban J connectivity index is 1.50. The van der Waals surface area contributed by atoms with Crippen LogP contribution in [-0.2, 0) is 9.59 Å². The number of hydrogen-bond acceptors (Lipinski definition) is 2. The fourth-order valence-corrected chi connectivity index (χ4v) is 4.37. The molecule has 0 radical (unpaired) electrons. The maximum atomic E-state index is 12.4. The molecule has 0 spiro atoms. The first-order valence-corrected chi connectivity index (χ1v) is 9.03. The predicted molar refractivity (Wildman–Crippen MR) is 95.7 cm³/mol. The van der Waals surface area contributed by atoms with Gasteiger partial charge in [-0.1, -0.05) is 18.6 Å². The van der Waals surface area contributed by atoms with Gasteiger partial charge in [0, 0.05) is 19.2 Å². The Bertz CT molecular complexity index is 641. The molecule has 0 saturated heterocycles. The van der Waals surface area contributed by atoms with Crippen LogP contribution in [0.1, 0.15) is 43.2 Å². The predicted octanol–water partition coefficient (Wildman–Crippen LogP) is 3.53. The standard InChI is InChI=1S/C20H28N2O2/c1-13-4-5-14(2)18(8-13)21-19(23)12-22(3)20(24)11-17-10-15-6-7-16(17)9-15/h4-5,8,15-17H,6-7,9-12H2,1-3H3,(H,21,23)/t15-,16+,17-/m0/s1. The number of amides is 2. The molecule has 2 bridgehead atoms. The van der Waals surface area contributed by atoms with Gasteiger partial charge >= 0.3 is 0 Å². The van der Waals surface area contributed by atoms with E-state index in [9.17, 15) is 9.59 Å². The van der Waals surface area contributed by atoms with Gasteiger partial charge in [-0.2, -0.15) is 0 Å². The van der Waals surface area contributed by atoms with Gasteiger partial charge in [0.1, 0.15) is 0 Å². The molecule has 0 heterocycles. The molecule has 4 heteroatoms. The van der Waals surface area contributed by atoms with Gasteiger partial charge in [0.15, 0.2) is 0 Å². The number of hydrogen-bond donors (Lipinski definition) is 1. The lowest BCUT2D eigenvalue weighted by molar-refractivity contribution is -0.134. The maximum absolute atomic E-state index is 12.4. The van der Waals surface area contributed by atoms with Crippen molar-refractivity contribution in [1.29, 1.82) is 0 Å². The number of benzene rings is 1. The van der Waals surface area contributed by atoms with Crippen LogP contribution in [0.4, 0.5) is 5.69 Å². The maximum Gasteiger partial charge on any atom is 0.243 e. The fourth-order valence-electron chi connectivity index (χ4n) is 4.37. The first kappa shape index (κ1) is 17.0. The minimum absolute atomic E-state index is 0.101. The van der Waals surface area contributed by atoms with Gasteiger partial charge in [0.05, 0.1) is 6.54 Å². The van der Waals surface area contributed by atoms with Crippen molar-refractivity contribution in [1.82, 2.24) is 4.90 Å². The van der Waals surface area contributed by atoms with Crippen LogP contribution in [0, 0.1) is 31.6 Å². The van der Waals surface area contributed by atoms with Crippen molar-refractivity contribution in [2.45, 2.75) is 46.0 Å². The van der Waals surface area contributed by atoms with Crippen molar-refractivity contribution in [3.63, 3.8) is 0 Å². The SMILES string of the molecule is Cc1ccc(C)c(NC(=O)CN(C)C(=O)C[C@@H]2C[C@H]3CC[C@@H]2C3)c1. The van der Waals surface area contributed by atoms with Gasteiger partial charge in [-0.15, -0.1) is 0 Å².